The number of hydrogen-bond donors (Lipinski definition) is 1. The third kappa shape index (κ3) is 5.92. The van der Waals surface area contributed by atoms with Crippen LogP contribution in [0.1, 0.15) is 5.56 Å². The highest BCUT2D eigenvalue weighted by Gasteiger charge is 2.22. The number of nitrogens with one attached hydrogen (secondary N) is 1. The van der Waals surface area contributed by atoms with Gasteiger partial charge in [-0.3, -0.25) is 4.72 Å². The van der Waals surface area contributed by atoms with Crippen molar-refractivity contribution >= 4 is 21.8 Å². The Morgan fingerprint density at radius 2 is 1.54 bits per heavy atom. The number of aromatic nitrogens is 3. The molecule has 2 aromatic heterocycles. The zero-order chi connectivity index (χ0) is 24.7. The number of benzene rings is 2. The monoisotopic (exact) mass is 490 g/mol. The number of anilines is 1. The summed E-state index contributed by atoms with van der Waals surface area (Å²) in [5.74, 6) is 1.16. The lowest BCUT2D eigenvalue weighted by Crippen LogP contribution is -2.11. The van der Waals surface area contributed by atoms with Crippen molar-refractivity contribution in [3.05, 3.63) is 90.1 Å². The Morgan fingerprint density at radius 3 is 2.23 bits per heavy atom. The molecule has 2 aromatic carbocycles. The molecule has 0 aliphatic heterocycles. The lowest BCUT2D eigenvalue weighted by atomic mass is 10.2. The van der Waals surface area contributed by atoms with Crippen molar-refractivity contribution in [2.24, 2.45) is 0 Å². The van der Waals surface area contributed by atoms with Gasteiger partial charge in [-0.25, -0.2) is 23.4 Å². The molecule has 4 aromatic rings. The molecule has 0 saturated heterocycles. The van der Waals surface area contributed by atoms with Crippen LogP contribution in [0, 0.1) is 0 Å². The van der Waals surface area contributed by atoms with Crippen LogP contribution in [0.5, 0.6) is 23.1 Å². The lowest BCUT2D eigenvalue weighted by molar-refractivity contribution is 0.349. The molecular weight excluding hydrogens is 468 g/mol. The van der Waals surface area contributed by atoms with Gasteiger partial charge in [0, 0.05) is 12.4 Å². The van der Waals surface area contributed by atoms with Crippen molar-refractivity contribution < 1.29 is 22.6 Å². The average Bonchev–Trinajstić information content (AvgIpc) is 2.89. The summed E-state index contributed by atoms with van der Waals surface area (Å²) in [7, 11) is -1.04. The fourth-order valence-corrected chi connectivity index (χ4v) is 3.96. The Hall–Kier alpha value is -4.44. The maximum Gasteiger partial charge on any atom is 0.260 e. The minimum absolute atomic E-state index is 0.0330. The summed E-state index contributed by atoms with van der Waals surface area (Å²) in [5, 5.41) is 1.07. The van der Waals surface area contributed by atoms with E-state index in [2.05, 4.69) is 19.7 Å². The third-order valence-electron chi connectivity index (χ3n) is 4.70. The second-order valence-corrected chi connectivity index (χ2v) is 8.65. The highest BCUT2D eigenvalue weighted by Crippen LogP contribution is 2.42. The number of para-hydroxylation sites is 2. The summed E-state index contributed by atoms with van der Waals surface area (Å²) in [6, 6.07) is 19.2. The van der Waals surface area contributed by atoms with E-state index in [1.807, 2.05) is 18.2 Å². The predicted molar refractivity (Wildman–Crippen MR) is 133 cm³/mol. The van der Waals surface area contributed by atoms with E-state index in [0.717, 1.165) is 11.0 Å². The standard InChI is InChI=1S/C25H22N4O5S/c1-32-21-11-6-7-12-22(21)34-23-19(29-35(30,31)16-13-18-9-4-3-5-10-18)17-20(28-25(23)33-2)24-26-14-8-15-27-24/h3-17H,1-2H3,(H,28,29). The average molecular weight is 491 g/mol. The molecule has 9 nitrogen and oxygen atoms in total. The molecule has 2 heterocycles. The van der Waals surface area contributed by atoms with Crippen LogP contribution < -0.4 is 18.9 Å². The van der Waals surface area contributed by atoms with Gasteiger partial charge < -0.3 is 14.2 Å². The van der Waals surface area contributed by atoms with Gasteiger partial charge in [0.2, 0.25) is 5.75 Å². The SMILES string of the molecule is COc1ccccc1Oc1c(NS(=O)(=O)C=Cc2ccccc2)cc(-c2ncccn2)nc1OC. The van der Waals surface area contributed by atoms with Crippen LogP contribution >= 0.6 is 0 Å². The van der Waals surface area contributed by atoms with Gasteiger partial charge in [0.05, 0.1) is 25.3 Å². The molecule has 0 aliphatic rings. The van der Waals surface area contributed by atoms with E-state index in [1.165, 1.54) is 26.4 Å². The molecule has 0 atom stereocenters. The lowest BCUT2D eigenvalue weighted by Gasteiger charge is -2.17. The molecule has 0 saturated carbocycles. The van der Waals surface area contributed by atoms with Gasteiger partial charge in [-0.2, -0.15) is 0 Å². The number of methoxy groups -OCH3 is 2. The minimum atomic E-state index is -3.95. The Morgan fingerprint density at radius 1 is 0.857 bits per heavy atom. The summed E-state index contributed by atoms with van der Waals surface area (Å²) in [6.07, 6.45) is 4.60. The Labute approximate surface area is 203 Å². The van der Waals surface area contributed by atoms with Gasteiger partial charge in [0.15, 0.2) is 17.3 Å². The molecule has 0 radical (unpaired) electrons. The highest BCUT2D eigenvalue weighted by molar-refractivity contribution is 7.95. The number of hydrogen-bond acceptors (Lipinski definition) is 8. The Kier molecular flexibility index (Phi) is 7.22. The van der Waals surface area contributed by atoms with Crippen LogP contribution in [0.4, 0.5) is 5.69 Å². The smallest absolute Gasteiger partial charge is 0.260 e. The zero-order valence-electron chi connectivity index (χ0n) is 19.0. The maximum absolute atomic E-state index is 13.0. The Balaban J connectivity index is 1.79. The van der Waals surface area contributed by atoms with Crippen molar-refractivity contribution in [1.29, 1.82) is 0 Å². The van der Waals surface area contributed by atoms with Crippen LogP contribution in [0.25, 0.3) is 17.6 Å². The zero-order valence-corrected chi connectivity index (χ0v) is 19.8. The molecule has 0 amide bonds. The van der Waals surface area contributed by atoms with E-state index in [0.29, 0.717) is 17.2 Å². The molecule has 1 N–H and O–H groups in total. The fourth-order valence-electron chi connectivity index (χ4n) is 3.10. The van der Waals surface area contributed by atoms with Gasteiger partial charge >= 0.3 is 0 Å². The third-order valence-corrected chi connectivity index (χ3v) is 5.70. The summed E-state index contributed by atoms with van der Waals surface area (Å²) < 4.78 is 45.4. The van der Waals surface area contributed by atoms with Crippen molar-refractivity contribution in [1.82, 2.24) is 15.0 Å². The van der Waals surface area contributed by atoms with Gasteiger partial charge in [-0.05, 0) is 35.9 Å². The number of rotatable bonds is 9. The van der Waals surface area contributed by atoms with Crippen LogP contribution in [0.2, 0.25) is 0 Å². The fraction of sp³-hybridized carbons (Fsp3) is 0.0800. The molecule has 0 aliphatic carbocycles. The van der Waals surface area contributed by atoms with E-state index in [9.17, 15) is 8.42 Å². The van der Waals surface area contributed by atoms with E-state index in [4.69, 9.17) is 14.2 Å². The number of pyridine rings is 1. The van der Waals surface area contributed by atoms with Crippen molar-refractivity contribution in [3.63, 3.8) is 0 Å². The maximum atomic E-state index is 13.0. The molecule has 0 fully saturated rings. The van der Waals surface area contributed by atoms with E-state index in [1.54, 1.807) is 54.9 Å². The molecule has 35 heavy (non-hydrogen) atoms. The second kappa shape index (κ2) is 10.7. The highest BCUT2D eigenvalue weighted by atomic mass is 32.2. The van der Waals surface area contributed by atoms with E-state index in [-0.39, 0.29) is 23.1 Å². The predicted octanol–water partition coefficient (Wildman–Crippen LogP) is 4.76. The van der Waals surface area contributed by atoms with E-state index < -0.39 is 10.0 Å². The summed E-state index contributed by atoms with van der Waals surface area (Å²) in [4.78, 5) is 12.8. The first-order chi connectivity index (χ1) is 17.0. The molecule has 4 rings (SSSR count). The quantitative estimate of drug-likeness (QED) is 0.357. The van der Waals surface area contributed by atoms with Crippen molar-refractivity contribution in [3.8, 4) is 34.6 Å². The second-order valence-electron chi connectivity index (χ2n) is 7.08. The topological polar surface area (TPSA) is 113 Å². The molecular formula is C25H22N4O5S. The van der Waals surface area contributed by atoms with Gasteiger partial charge in [0.1, 0.15) is 5.69 Å². The minimum Gasteiger partial charge on any atom is -0.493 e. The molecule has 0 spiro atoms. The van der Waals surface area contributed by atoms with Gasteiger partial charge in [-0.1, -0.05) is 42.5 Å². The van der Waals surface area contributed by atoms with Gasteiger partial charge in [0.25, 0.3) is 15.9 Å². The first-order valence-electron chi connectivity index (χ1n) is 10.4. The van der Waals surface area contributed by atoms with E-state index >= 15 is 0 Å². The summed E-state index contributed by atoms with van der Waals surface area (Å²) in [6.45, 7) is 0. The van der Waals surface area contributed by atoms with Crippen molar-refractivity contribution in [2.75, 3.05) is 18.9 Å². The first-order valence-corrected chi connectivity index (χ1v) is 12.0. The molecule has 0 bridgehead atoms. The number of ether oxygens (including phenoxy) is 3. The van der Waals surface area contributed by atoms with Crippen molar-refractivity contribution in [2.45, 2.75) is 0 Å². The number of nitrogens with zero attached hydrogens (tertiary/aromatic N) is 3. The number of sulfonamides is 1. The first kappa shape index (κ1) is 23.7. The van der Waals surface area contributed by atoms with Crippen LogP contribution in [-0.2, 0) is 10.0 Å². The molecule has 0 unspecified atom stereocenters. The summed E-state index contributed by atoms with van der Waals surface area (Å²) >= 11 is 0. The molecule has 10 heteroatoms. The van der Waals surface area contributed by atoms with Crippen LogP contribution in [0.3, 0.4) is 0 Å². The Bertz CT molecular complexity index is 1430. The largest absolute Gasteiger partial charge is 0.493 e. The summed E-state index contributed by atoms with van der Waals surface area (Å²) in [5.41, 5.74) is 1.11. The van der Waals surface area contributed by atoms with Crippen LogP contribution in [0.15, 0.2) is 84.5 Å². The molecule has 178 valence electrons. The van der Waals surface area contributed by atoms with Gasteiger partial charge in [-0.15, -0.1) is 0 Å². The van der Waals surface area contributed by atoms with Crippen LogP contribution in [-0.4, -0.2) is 37.6 Å². The normalized spacial score (nSPS) is 11.3.